The number of benzene rings is 1. The average molecular weight is 291 g/mol. The molecule has 0 aliphatic carbocycles. The molecule has 0 atom stereocenters. The normalized spacial score (nSPS) is 10.2. The highest BCUT2D eigenvalue weighted by molar-refractivity contribution is 5.89. The van der Waals surface area contributed by atoms with Crippen molar-refractivity contribution in [2.45, 2.75) is 52.0 Å². The number of carbonyl (C=O) groups is 2. The molecule has 0 saturated carbocycles. The fourth-order valence-corrected chi connectivity index (χ4v) is 2.05. The number of unbranched alkanes of at least 4 members (excludes halogenated alkanes) is 4. The van der Waals surface area contributed by atoms with Gasteiger partial charge in [0.25, 0.3) is 0 Å². The van der Waals surface area contributed by atoms with E-state index in [4.69, 9.17) is 0 Å². The molecular formula is C17H25NO3. The molecule has 0 fully saturated rings. The lowest BCUT2D eigenvalue weighted by Crippen LogP contribution is -2.22. The molecule has 1 rings (SSSR count). The molecule has 0 saturated heterocycles. The van der Waals surface area contributed by atoms with E-state index in [1.165, 1.54) is 26.4 Å². The highest BCUT2D eigenvalue weighted by Crippen LogP contribution is 2.07. The van der Waals surface area contributed by atoms with Crippen LogP contribution in [0.4, 0.5) is 0 Å². The first kappa shape index (κ1) is 17.2. The Morgan fingerprint density at radius 2 is 1.71 bits per heavy atom. The quantitative estimate of drug-likeness (QED) is 0.560. The molecule has 0 spiro atoms. The monoisotopic (exact) mass is 291 g/mol. The lowest BCUT2D eigenvalue weighted by atomic mass is 10.1. The van der Waals surface area contributed by atoms with Gasteiger partial charge in [-0.05, 0) is 24.1 Å². The third kappa shape index (κ3) is 6.93. The molecule has 4 nitrogen and oxygen atoms in total. The van der Waals surface area contributed by atoms with E-state index in [0.717, 1.165) is 18.4 Å². The van der Waals surface area contributed by atoms with Gasteiger partial charge in [0.15, 0.2) is 0 Å². The molecule has 1 N–H and O–H groups in total. The molecular weight excluding hydrogens is 266 g/mol. The topological polar surface area (TPSA) is 55.4 Å². The van der Waals surface area contributed by atoms with E-state index < -0.39 is 0 Å². The Morgan fingerprint density at radius 1 is 1.05 bits per heavy atom. The maximum Gasteiger partial charge on any atom is 0.337 e. The van der Waals surface area contributed by atoms with Crippen LogP contribution >= 0.6 is 0 Å². The third-order valence-electron chi connectivity index (χ3n) is 3.37. The Bertz CT molecular complexity index is 440. The average Bonchev–Trinajstić information content (AvgIpc) is 2.52. The summed E-state index contributed by atoms with van der Waals surface area (Å²) < 4.78 is 4.64. The van der Waals surface area contributed by atoms with Gasteiger partial charge < -0.3 is 10.1 Å². The van der Waals surface area contributed by atoms with Gasteiger partial charge in [0.2, 0.25) is 5.91 Å². The first-order valence-electron chi connectivity index (χ1n) is 7.61. The molecule has 0 bridgehead atoms. The summed E-state index contributed by atoms with van der Waals surface area (Å²) in [6.45, 7) is 2.67. The van der Waals surface area contributed by atoms with Crippen LogP contribution in [0.25, 0.3) is 0 Å². The van der Waals surface area contributed by atoms with Gasteiger partial charge in [-0.25, -0.2) is 4.79 Å². The van der Waals surface area contributed by atoms with Crippen molar-refractivity contribution in [3.63, 3.8) is 0 Å². The number of nitrogens with one attached hydrogen (secondary N) is 1. The second-order valence-corrected chi connectivity index (χ2v) is 5.13. The van der Waals surface area contributed by atoms with E-state index in [2.05, 4.69) is 17.0 Å². The first-order chi connectivity index (χ1) is 10.2. The summed E-state index contributed by atoms with van der Waals surface area (Å²) in [4.78, 5) is 23.0. The molecule has 21 heavy (non-hydrogen) atoms. The van der Waals surface area contributed by atoms with E-state index >= 15 is 0 Å². The van der Waals surface area contributed by atoms with Crippen molar-refractivity contribution in [3.05, 3.63) is 35.4 Å². The van der Waals surface area contributed by atoms with Crippen molar-refractivity contribution < 1.29 is 14.3 Å². The number of methoxy groups -OCH3 is 1. The first-order valence-corrected chi connectivity index (χ1v) is 7.61. The predicted octanol–water partition coefficient (Wildman–Crippen LogP) is 3.45. The third-order valence-corrected chi connectivity index (χ3v) is 3.37. The van der Waals surface area contributed by atoms with E-state index in [-0.39, 0.29) is 11.9 Å². The number of hydrogen-bond acceptors (Lipinski definition) is 3. The number of hydrogen-bond donors (Lipinski definition) is 1. The van der Waals surface area contributed by atoms with Gasteiger partial charge >= 0.3 is 5.97 Å². The molecule has 0 radical (unpaired) electrons. The van der Waals surface area contributed by atoms with Gasteiger partial charge in [0.1, 0.15) is 0 Å². The maximum absolute atomic E-state index is 11.7. The lowest BCUT2D eigenvalue weighted by molar-refractivity contribution is -0.121. The van der Waals surface area contributed by atoms with Gasteiger partial charge in [-0.3, -0.25) is 4.79 Å². The molecule has 1 amide bonds. The summed E-state index contributed by atoms with van der Waals surface area (Å²) in [5.41, 5.74) is 1.49. The van der Waals surface area contributed by atoms with E-state index in [9.17, 15) is 9.59 Å². The van der Waals surface area contributed by atoms with Crippen molar-refractivity contribution in [1.29, 1.82) is 0 Å². The minimum Gasteiger partial charge on any atom is -0.465 e. The van der Waals surface area contributed by atoms with Crippen LogP contribution in [0.1, 0.15) is 61.4 Å². The van der Waals surface area contributed by atoms with Crippen molar-refractivity contribution in [1.82, 2.24) is 5.32 Å². The lowest BCUT2D eigenvalue weighted by Gasteiger charge is -2.06. The summed E-state index contributed by atoms with van der Waals surface area (Å²) in [6.07, 6.45) is 6.33. The smallest absolute Gasteiger partial charge is 0.337 e. The Morgan fingerprint density at radius 3 is 2.33 bits per heavy atom. The van der Waals surface area contributed by atoms with Crippen LogP contribution in [-0.4, -0.2) is 19.0 Å². The van der Waals surface area contributed by atoms with Gasteiger partial charge in [-0.15, -0.1) is 0 Å². The van der Waals surface area contributed by atoms with E-state index in [1.807, 2.05) is 12.1 Å². The molecule has 0 aliphatic rings. The largest absolute Gasteiger partial charge is 0.465 e. The molecule has 1 aromatic carbocycles. The molecule has 0 aromatic heterocycles. The van der Waals surface area contributed by atoms with Crippen LogP contribution < -0.4 is 5.32 Å². The Hall–Kier alpha value is -1.84. The second-order valence-electron chi connectivity index (χ2n) is 5.13. The molecule has 116 valence electrons. The number of carbonyl (C=O) groups excluding carboxylic acids is 2. The second kappa shape index (κ2) is 9.97. The standard InChI is InChI=1S/C17H25NO3/c1-3-4-5-6-7-8-16(19)18-13-14-9-11-15(12-10-14)17(20)21-2/h9-12H,3-8,13H2,1-2H3,(H,18,19). The van der Waals surface area contributed by atoms with Crippen molar-refractivity contribution >= 4 is 11.9 Å². The summed E-state index contributed by atoms with van der Waals surface area (Å²) in [5.74, 6) is -0.263. The number of esters is 1. The van der Waals surface area contributed by atoms with Crippen LogP contribution in [0.5, 0.6) is 0 Å². The van der Waals surface area contributed by atoms with Crippen LogP contribution in [0.3, 0.4) is 0 Å². The fourth-order valence-electron chi connectivity index (χ4n) is 2.05. The maximum atomic E-state index is 11.7. The summed E-state index contributed by atoms with van der Waals surface area (Å²) in [6, 6.07) is 7.07. The molecule has 0 unspecified atom stereocenters. The summed E-state index contributed by atoms with van der Waals surface area (Å²) in [7, 11) is 1.36. The van der Waals surface area contributed by atoms with Crippen LogP contribution in [0.15, 0.2) is 24.3 Å². The van der Waals surface area contributed by atoms with Gasteiger partial charge in [-0.2, -0.15) is 0 Å². The predicted molar refractivity (Wildman–Crippen MR) is 83.0 cm³/mol. The SMILES string of the molecule is CCCCCCCC(=O)NCc1ccc(C(=O)OC)cc1. The van der Waals surface area contributed by atoms with Crippen LogP contribution in [0, 0.1) is 0 Å². The number of ether oxygens (including phenoxy) is 1. The van der Waals surface area contributed by atoms with E-state index in [0.29, 0.717) is 18.5 Å². The van der Waals surface area contributed by atoms with Crippen LogP contribution in [-0.2, 0) is 16.1 Å². The molecule has 0 aliphatic heterocycles. The van der Waals surface area contributed by atoms with Gasteiger partial charge in [0, 0.05) is 13.0 Å². The van der Waals surface area contributed by atoms with E-state index in [1.54, 1.807) is 12.1 Å². The Labute approximate surface area is 126 Å². The zero-order valence-electron chi connectivity index (χ0n) is 13.0. The fraction of sp³-hybridized carbons (Fsp3) is 0.529. The van der Waals surface area contributed by atoms with Crippen LogP contribution in [0.2, 0.25) is 0 Å². The minimum atomic E-state index is -0.349. The Kier molecular flexibility index (Phi) is 8.17. The molecule has 4 heteroatoms. The zero-order chi connectivity index (χ0) is 15.5. The Balaban J connectivity index is 2.25. The van der Waals surface area contributed by atoms with Gasteiger partial charge in [0.05, 0.1) is 12.7 Å². The minimum absolute atomic E-state index is 0.0866. The number of rotatable bonds is 9. The van der Waals surface area contributed by atoms with Crippen molar-refractivity contribution in [2.75, 3.05) is 7.11 Å². The molecule has 0 heterocycles. The summed E-state index contributed by atoms with van der Waals surface area (Å²) in [5, 5.41) is 2.90. The van der Waals surface area contributed by atoms with Crippen molar-refractivity contribution in [3.8, 4) is 0 Å². The zero-order valence-corrected chi connectivity index (χ0v) is 13.0. The highest BCUT2D eigenvalue weighted by Gasteiger charge is 2.05. The van der Waals surface area contributed by atoms with Crippen molar-refractivity contribution in [2.24, 2.45) is 0 Å². The van der Waals surface area contributed by atoms with Gasteiger partial charge in [-0.1, -0.05) is 44.7 Å². The summed E-state index contributed by atoms with van der Waals surface area (Å²) >= 11 is 0. The molecule has 1 aromatic rings. The number of amides is 1. The highest BCUT2D eigenvalue weighted by atomic mass is 16.5.